The van der Waals surface area contributed by atoms with E-state index >= 15 is 0 Å². The lowest BCUT2D eigenvalue weighted by molar-refractivity contribution is -0.130. The van der Waals surface area contributed by atoms with Crippen LogP contribution in [0.4, 0.5) is 0 Å². The molecule has 1 amide bonds. The number of nitrogens with zero attached hydrogens (tertiary/aromatic N) is 2. The topological polar surface area (TPSA) is 72.8 Å². The fourth-order valence-electron chi connectivity index (χ4n) is 2.43. The molecule has 6 nitrogen and oxygen atoms in total. The summed E-state index contributed by atoms with van der Waals surface area (Å²) in [6.45, 7) is 1.96. The molecule has 3 aromatic rings. The van der Waals surface area contributed by atoms with Gasteiger partial charge < -0.3 is 9.47 Å². The zero-order valence-corrected chi connectivity index (χ0v) is 14.2. The van der Waals surface area contributed by atoms with Gasteiger partial charge in [-0.1, -0.05) is 24.3 Å². The van der Waals surface area contributed by atoms with Crippen LogP contribution in [0.25, 0.3) is 10.2 Å². The Morgan fingerprint density at radius 1 is 1.20 bits per heavy atom. The molecule has 0 aliphatic carbocycles. The highest BCUT2D eigenvalue weighted by Crippen LogP contribution is 2.30. The minimum absolute atomic E-state index is 0.151. The van der Waals surface area contributed by atoms with Gasteiger partial charge >= 0.3 is 0 Å². The summed E-state index contributed by atoms with van der Waals surface area (Å²) in [5.74, 6) is 0.844. The predicted octanol–water partition coefficient (Wildman–Crippen LogP) is 2.98. The monoisotopic (exact) mass is 353 g/mol. The fraction of sp³-hybridized carbons (Fsp3) is 0.167. The standard InChI is InChI=1S/C18H15N3O3S/c1-11(18-19-12-6-2-5-9-16(12)25-18)20-21-17(22)15-10-23-13-7-3-4-8-14(13)24-15/h2-9,15H,10H2,1H3,(H,21,22). The van der Waals surface area contributed by atoms with E-state index in [2.05, 4.69) is 15.5 Å². The Balaban J connectivity index is 1.45. The third-order valence-electron chi connectivity index (χ3n) is 3.74. The molecule has 126 valence electrons. The summed E-state index contributed by atoms with van der Waals surface area (Å²) < 4.78 is 12.3. The molecule has 0 saturated heterocycles. The fourth-order valence-corrected chi connectivity index (χ4v) is 3.34. The number of nitrogens with one attached hydrogen (secondary N) is 1. The van der Waals surface area contributed by atoms with Crippen LogP contribution in [0, 0.1) is 0 Å². The normalized spacial score (nSPS) is 16.7. The molecule has 1 unspecified atom stereocenters. The van der Waals surface area contributed by atoms with Gasteiger partial charge in [0.15, 0.2) is 11.5 Å². The van der Waals surface area contributed by atoms with Crippen molar-refractivity contribution in [1.82, 2.24) is 10.4 Å². The molecule has 2 aromatic carbocycles. The van der Waals surface area contributed by atoms with Gasteiger partial charge in [0.25, 0.3) is 5.91 Å². The number of rotatable bonds is 3. The molecule has 0 radical (unpaired) electrons. The van der Waals surface area contributed by atoms with Gasteiger partial charge in [-0.25, -0.2) is 10.4 Å². The van der Waals surface area contributed by atoms with E-state index in [0.717, 1.165) is 15.2 Å². The lowest BCUT2D eigenvalue weighted by Gasteiger charge is -2.24. The van der Waals surface area contributed by atoms with E-state index < -0.39 is 6.10 Å². The summed E-state index contributed by atoms with van der Waals surface area (Å²) in [7, 11) is 0. The molecule has 1 aromatic heterocycles. The molecular weight excluding hydrogens is 338 g/mol. The van der Waals surface area contributed by atoms with Crippen molar-refractivity contribution in [2.75, 3.05) is 6.61 Å². The largest absolute Gasteiger partial charge is 0.485 e. The first-order valence-electron chi connectivity index (χ1n) is 7.79. The third-order valence-corrected chi connectivity index (χ3v) is 4.88. The highest BCUT2D eigenvalue weighted by Gasteiger charge is 2.27. The molecule has 7 heteroatoms. The Hall–Kier alpha value is -2.93. The molecule has 0 spiro atoms. The number of aromatic nitrogens is 1. The quantitative estimate of drug-likeness (QED) is 0.580. The van der Waals surface area contributed by atoms with E-state index in [1.54, 1.807) is 12.1 Å². The van der Waals surface area contributed by atoms with Crippen molar-refractivity contribution in [3.63, 3.8) is 0 Å². The van der Waals surface area contributed by atoms with Crippen LogP contribution in [0.3, 0.4) is 0 Å². The predicted molar refractivity (Wildman–Crippen MR) is 96.3 cm³/mol. The van der Waals surface area contributed by atoms with Crippen molar-refractivity contribution >= 4 is 33.2 Å². The number of hydrogen-bond acceptors (Lipinski definition) is 6. The first-order valence-corrected chi connectivity index (χ1v) is 8.61. The first kappa shape index (κ1) is 15.6. The Morgan fingerprint density at radius 3 is 2.80 bits per heavy atom. The second kappa shape index (κ2) is 6.52. The van der Waals surface area contributed by atoms with Gasteiger partial charge in [0.1, 0.15) is 11.6 Å². The van der Waals surface area contributed by atoms with Crippen molar-refractivity contribution < 1.29 is 14.3 Å². The molecule has 0 saturated carbocycles. The van der Waals surface area contributed by atoms with Crippen LogP contribution in [0.2, 0.25) is 0 Å². The summed E-state index contributed by atoms with van der Waals surface area (Å²) >= 11 is 1.53. The van der Waals surface area contributed by atoms with Gasteiger partial charge in [0, 0.05) is 0 Å². The molecule has 1 aliphatic rings. The van der Waals surface area contributed by atoms with E-state index in [-0.39, 0.29) is 12.5 Å². The maximum Gasteiger partial charge on any atom is 0.284 e. The SMILES string of the molecule is CC(=NNC(=O)C1COc2ccccc2O1)c1nc2ccccc2s1. The van der Waals surface area contributed by atoms with Crippen molar-refractivity contribution in [3.05, 3.63) is 53.5 Å². The van der Waals surface area contributed by atoms with E-state index in [4.69, 9.17) is 9.47 Å². The van der Waals surface area contributed by atoms with Crippen LogP contribution in [-0.2, 0) is 4.79 Å². The molecule has 4 rings (SSSR count). The summed E-state index contributed by atoms with van der Waals surface area (Å²) in [6, 6.07) is 15.1. The average Bonchev–Trinajstić information content (AvgIpc) is 3.09. The number of benzene rings is 2. The van der Waals surface area contributed by atoms with Crippen molar-refractivity contribution in [3.8, 4) is 11.5 Å². The smallest absolute Gasteiger partial charge is 0.284 e. The lowest BCUT2D eigenvalue weighted by atomic mass is 10.2. The van der Waals surface area contributed by atoms with Gasteiger partial charge in [0.05, 0.1) is 15.9 Å². The second-order valence-electron chi connectivity index (χ2n) is 5.52. The number of hydrogen-bond donors (Lipinski definition) is 1. The van der Waals surface area contributed by atoms with Crippen molar-refractivity contribution in [1.29, 1.82) is 0 Å². The maximum atomic E-state index is 12.3. The maximum absolute atomic E-state index is 12.3. The van der Waals surface area contributed by atoms with E-state index in [9.17, 15) is 4.79 Å². The number of ether oxygens (including phenoxy) is 2. The highest BCUT2D eigenvalue weighted by atomic mass is 32.1. The molecule has 1 atom stereocenters. The van der Waals surface area contributed by atoms with Gasteiger partial charge in [-0.15, -0.1) is 11.3 Å². The number of para-hydroxylation sites is 3. The van der Waals surface area contributed by atoms with Crippen LogP contribution in [0.5, 0.6) is 11.5 Å². The minimum atomic E-state index is -0.734. The third kappa shape index (κ3) is 3.18. The van der Waals surface area contributed by atoms with Crippen LogP contribution in [0.15, 0.2) is 53.6 Å². The summed E-state index contributed by atoms with van der Waals surface area (Å²) in [5.41, 5.74) is 4.10. The zero-order valence-electron chi connectivity index (χ0n) is 13.4. The van der Waals surface area contributed by atoms with Gasteiger partial charge in [-0.2, -0.15) is 5.10 Å². The zero-order chi connectivity index (χ0) is 17.2. The Bertz CT molecular complexity index is 934. The lowest BCUT2D eigenvalue weighted by Crippen LogP contribution is -2.42. The molecule has 1 aliphatic heterocycles. The average molecular weight is 353 g/mol. The van der Waals surface area contributed by atoms with Crippen molar-refractivity contribution in [2.45, 2.75) is 13.0 Å². The van der Waals surface area contributed by atoms with E-state index in [0.29, 0.717) is 17.2 Å². The molecular formula is C18H15N3O3S. The Kier molecular flexibility index (Phi) is 4.07. The molecule has 0 fully saturated rings. The number of carbonyl (C=O) groups is 1. The molecule has 1 N–H and O–H groups in total. The summed E-state index contributed by atoms with van der Waals surface area (Å²) in [5, 5.41) is 4.92. The van der Waals surface area contributed by atoms with Gasteiger partial charge in [-0.05, 0) is 31.2 Å². The molecule has 2 heterocycles. The van der Waals surface area contributed by atoms with Gasteiger partial charge in [-0.3, -0.25) is 4.79 Å². The first-order chi connectivity index (χ1) is 12.2. The Morgan fingerprint density at radius 2 is 1.96 bits per heavy atom. The highest BCUT2D eigenvalue weighted by molar-refractivity contribution is 7.20. The van der Waals surface area contributed by atoms with Crippen LogP contribution in [-0.4, -0.2) is 29.3 Å². The van der Waals surface area contributed by atoms with Crippen molar-refractivity contribution in [2.24, 2.45) is 5.10 Å². The molecule has 0 bridgehead atoms. The van der Waals surface area contributed by atoms with E-state index in [1.165, 1.54) is 11.3 Å². The number of amides is 1. The second-order valence-corrected chi connectivity index (χ2v) is 6.55. The number of carbonyl (C=O) groups excluding carboxylic acids is 1. The van der Waals surface area contributed by atoms with E-state index in [1.807, 2.05) is 43.3 Å². The number of fused-ring (bicyclic) bond motifs is 2. The Labute approximate surface area is 148 Å². The van der Waals surface area contributed by atoms with Crippen LogP contribution >= 0.6 is 11.3 Å². The van der Waals surface area contributed by atoms with Gasteiger partial charge in [0.2, 0.25) is 6.10 Å². The number of hydrazone groups is 1. The molecule has 25 heavy (non-hydrogen) atoms. The minimum Gasteiger partial charge on any atom is -0.485 e. The summed E-state index contributed by atoms with van der Waals surface area (Å²) in [4.78, 5) is 16.8. The van der Waals surface area contributed by atoms with Crippen LogP contribution in [0.1, 0.15) is 11.9 Å². The number of thiazole rings is 1. The summed E-state index contributed by atoms with van der Waals surface area (Å²) in [6.07, 6.45) is -0.734. The van der Waals surface area contributed by atoms with Crippen LogP contribution < -0.4 is 14.9 Å².